The fourth-order valence-corrected chi connectivity index (χ4v) is 3.02. The van der Waals surface area contributed by atoms with Gasteiger partial charge in [0, 0.05) is 22.3 Å². The summed E-state index contributed by atoms with van der Waals surface area (Å²) in [6.45, 7) is 0. The smallest absolute Gasteiger partial charge is 0.306 e. The molecular weight excluding hydrogens is 310 g/mol. The number of aliphatic carboxylic acids is 1. The number of carbonyl (C=O) groups is 1. The Morgan fingerprint density at radius 1 is 1.42 bits per heavy atom. The van der Waals surface area contributed by atoms with Gasteiger partial charge in [0.05, 0.1) is 13.0 Å². The molecule has 0 spiro atoms. The summed E-state index contributed by atoms with van der Waals surface area (Å²) in [4.78, 5) is 11.1. The molecule has 19 heavy (non-hydrogen) atoms. The highest BCUT2D eigenvalue weighted by Crippen LogP contribution is 2.30. The molecule has 0 aromatic heterocycles. The van der Waals surface area contributed by atoms with E-state index < -0.39 is 5.97 Å². The van der Waals surface area contributed by atoms with Crippen LogP contribution in [0.25, 0.3) is 0 Å². The second-order valence-electron chi connectivity index (χ2n) is 4.92. The van der Waals surface area contributed by atoms with Crippen LogP contribution < -0.4 is 10.1 Å². The maximum Gasteiger partial charge on any atom is 0.306 e. The van der Waals surface area contributed by atoms with Gasteiger partial charge in [-0.15, -0.1) is 0 Å². The summed E-state index contributed by atoms with van der Waals surface area (Å²) in [6, 6.07) is 6.02. The predicted octanol–water partition coefficient (Wildman–Crippen LogP) is 3.51. The summed E-state index contributed by atoms with van der Waals surface area (Å²) >= 11 is 3.44. The molecule has 1 fully saturated rings. The van der Waals surface area contributed by atoms with E-state index in [1.807, 2.05) is 18.2 Å². The third-order valence-corrected chi connectivity index (χ3v) is 3.96. The van der Waals surface area contributed by atoms with E-state index in [0.29, 0.717) is 6.42 Å². The number of carboxylic acid groups (broad SMARTS) is 1. The van der Waals surface area contributed by atoms with Crippen LogP contribution in [-0.2, 0) is 4.79 Å². The highest BCUT2D eigenvalue weighted by Gasteiger charge is 2.26. The van der Waals surface area contributed by atoms with Crippen molar-refractivity contribution in [2.45, 2.75) is 31.7 Å². The third kappa shape index (κ3) is 3.86. The lowest BCUT2D eigenvalue weighted by atomic mass is 9.85. The van der Waals surface area contributed by atoms with Crippen molar-refractivity contribution in [2.75, 3.05) is 12.4 Å². The van der Waals surface area contributed by atoms with Crippen molar-refractivity contribution in [3.63, 3.8) is 0 Å². The van der Waals surface area contributed by atoms with E-state index >= 15 is 0 Å². The molecule has 1 aromatic rings. The largest absolute Gasteiger partial charge is 0.497 e. The van der Waals surface area contributed by atoms with Crippen LogP contribution in [0.3, 0.4) is 0 Å². The molecule has 0 saturated heterocycles. The zero-order valence-corrected chi connectivity index (χ0v) is 12.4. The molecule has 1 aromatic carbocycles. The average Bonchev–Trinajstić information content (AvgIpc) is 2.38. The monoisotopic (exact) mass is 327 g/mol. The minimum atomic E-state index is -0.682. The Morgan fingerprint density at radius 3 is 2.89 bits per heavy atom. The van der Waals surface area contributed by atoms with Gasteiger partial charge in [0.15, 0.2) is 0 Å². The van der Waals surface area contributed by atoms with Crippen molar-refractivity contribution in [3.8, 4) is 5.75 Å². The number of halogens is 1. The zero-order chi connectivity index (χ0) is 13.8. The molecule has 2 atom stereocenters. The predicted molar refractivity (Wildman–Crippen MR) is 77.7 cm³/mol. The molecule has 2 N–H and O–H groups in total. The maximum absolute atomic E-state index is 11.1. The van der Waals surface area contributed by atoms with Gasteiger partial charge in [-0.1, -0.05) is 22.4 Å². The van der Waals surface area contributed by atoms with Gasteiger partial charge in [-0.3, -0.25) is 4.79 Å². The number of rotatable bonds is 4. The molecule has 0 radical (unpaired) electrons. The summed E-state index contributed by atoms with van der Waals surface area (Å²) < 4.78 is 6.16. The van der Waals surface area contributed by atoms with E-state index in [2.05, 4.69) is 21.2 Å². The van der Waals surface area contributed by atoms with Crippen molar-refractivity contribution in [2.24, 2.45) is 5.92 Å². The Morgan fingerprint density at radius 2 is 2.21 bits per heavy atom. The van der Waals surface area contributed by atoms with Crippen LogP contribution in [-0.4, -0.2) is 24.2 Å². The standard InChI is InChI=1S/C14H18BrNO3/c1-19-13-7-10(15)6-12(8-13)16-11-4-2-3-9(5-11)14(17)18/h6-9,11,16H,2-5H2,1H3,(H,17,18). The van der Waals surface area contributed by atoms with Gasteiger partial charge in [-0.2, -0.15) is 0 Å². The van der Waals surface area contributed by atoms with Crippen LogP contribution >= 0.6 is 15.9 Å². The minimum Gasteiger partial charge on any atom is -0.497 e. The average molecular weight is 328 g/mol. The molecule has 1 aliphatic rings. The summed E-state index contributed by atoms with van der Waals surface area (Å²) in [5, 5.41) is 12.5. The third-order valence-electron chi connectivity index (χ3n) is 3.50. The maximum atomic E-state index is 11.1. The minimum absolute atomic E-state index is 0.217. The lowest BCUT2D eigenvalue weighted by Crippen LogP contribution is -2.30. The van der Waals surface area contributed by atoms with E-state index in [0.717, 1.165) is 35.2 Å². The summed E-state index contributed by atoms with van der Waals surface area (Å²) in [7, 11) is 1.63. The number of ether oxygens (including phenoxy) is 1. The van der Waals surface area contributed by atoms with Crippen LogP contribution in [0.2, 0.25) is 0 Å². The van der Waals surface area contributed by atoms with Gasteiger partial charge in [-0.05, 0) is 31.4 Å². The highest BCUT2D eigenvalue weighted by atomic mass is 79.9. The number of hydrogen-bond acceptors (Lipinski definition) is 3. The first-order valence-electron chi connectivity index (χ1n) is 6.42. The summed E-state index contributed by atoms with van der Waals surface area (Å²) in [6.07, 6.45) is 3.44. The quantitative estimate of drug-likeness (QED) is 0.888. The molecule has 0 amide bonds. The first-order chi connectivity index (χ1) is 9.08. The number of methoxy groups -OCH3 is 1. The van der Waals surface area contributed by atoms with Gasteiger partial charge in [0.2, 0.25) is 0 Å². The summed E-state index contributed by atoms with van der Waals surface area (Å²) in [5.74, 6) is -0.124. The first-order valence-corrected chi connectivity index (χ1v) is 7.21. The van der Waals surface area contributed by atoms with E-state index in [-0.39, 0.29) is 12.0 Å². The molecular formula is C14H18BrNO3. The molecule has 0 bridgehead atoms. The van der Waals surface area contributed by atoms with Gasteiger partial charge < -0.3 is 15.2 Å². The molecule has 1 aliphatic carbocycles. The molecule has 0 aliphatic heterocycles. The van der Waals surface area contributed by atoms with E-state index in [1.165, 1.54) is 0 Å². The van der Waals surface area contributed by atoms with Crippen LogP contribution in [0.5, 0.6) is 5.75 Å². The van der Waals surface area contributed by atoms with Gasteiger partial charge in [0.25, 0.3) is 0 Å². The van der Waals surface area contributed by atoms with Crippen molar-refractivity contribution in [3.05, 3.63) is 22.7 Å². The fraction of sp³-hybridized carbons (Fsp3) is 0.500. The molecule has 5 heteroatoms. The normalized spacial score (nSPS) is 22.8. The number of benzene rings is 1. The Labute approximate surface area is 121 Å². The van der Waals surface area contributed by atoms with Gasteiger partial charge in [-0.25, -0.2) is 0 Å². The highest BCUT2D eigenvalue weighted by molar-refractivity contribution is 9.10. The summed E-state index contributed by atoms with van der Waals surface area (Å²) in [5.41, 5.74) is 0.960. The lowest BCUT2D eigenvalue weighted by Gasteiger charge is -2.28. The number of hydrogen-bond donors (Lipinski definition) is 2. The molecule has 104 valence electrons. The van der Waals surface area contributed by atoms with E-state index in [1.54, 1.807) is 7.11 Å². The number of nitrogens with one attached hydrogen (secondary N) is 1. The lowest BCUT2D eigenvalue weighted by molar-refractivity contribution is -0.142. The molecule has 2 rings (SSSR count). The Hall–Kier alpha value is -1.23. The van der Waals surface area contributed by atoms with Crippen molar-refractivity contribution in [1.29, 1.82) is 0 Å². The van der Waals surface area contributed by atoms with E-state index in [9.17, 15) is 4.79 Å². The van der Waals surface area contributed by atoms with Crippen molar-refractivity contribution in [1.82, 2.24) is 0 Å². The van der Waals surface area contributed by atoms with Crippen molar-refractivity contribution < 1.29 is 14.6 Å². The second kappa shape index (κ2) is 6.28. The zero-order valence-electron chi connectivity index (χ0n) is 10.9. The Bertz CT molecular complexity index is 464. The van der Waals surface area contributed by atoms with Gasteiger partial charge in [0.1, 0.15) is 5.75 Å². The molecule has 2 unspecified atom stereocenters. The Balaban J connectivity index is 2.04. The molecule has 0 heterocycles. The Kier molecular flexibility index (Phi) is 4.69. The van der Waals surface area contributed by atoms with Crippen LogP contribution in [0.15, 0.2) is 22.7 Å². The van der Waals surface area contributed by atoms with Gasteiger partial charge >= 0.3 is 5.97 Å². The topological polar surface area (TPSA) is 58.6 Å². The van der Waals surface area contributed by atoms with Crippen LogP contribution in [0.4, 0.5) is 5.69 Å². The van der Waals surface area contributed by atoms with Crippen LogP contribution in [0.1, 0.15) is 25.7 Å². The molecule has 4 nitrogen and oxygen atoms in total. The first kappa shape index (κ1) is 14.2. The van der Waals surface area contributed by atoms with Crippen molar-refractivity contribution >= 4 is 27.6 Å². The van der Waals surface area contributed by atoms with Crippen LogP contribution in [0, 0.1) is 5.92 Å². The second-order valence-corrected chi connectivity index (χ2v) is 5.84. The fourth-order valence-electron chi connectivity index (χ4n) is 2.54. The molecule has 1 saturated carbocycles. The number of anilines is 1. The van der Waals surface area contributed by atoms with E-state index in [4.69, 9.17) is 9.84 Å². The number of carboxylic acids is 1. The SMILES string of the molecule is COc1cc(Br)cc(NC2CCCC(C(=O)O)C2)c1.